The van der Waals surface area contributed by atoms with Crippen LogP contribution in [0.25, 0.3) is 0 Å². The first-order valence-corrected chi connectivity index (χ1v) is 7.51. The highest BCUT2D eigenvalue weighted by Gasteiger charge is 2.07. The number of hydrogen-bond acceptors (Lipinski definition) is 2. The third-order valence-corrected chi connectivity index (χ3v) is 3.79. The zero-order valence-electron chi connectivity index (χ0n) is 11.6. The lowest BCUT2D eigenvalue weighted by Crippen LogP contribution is -2.17. The summed E-state index contributed by atoms with van der Waals surface area (Å²) in [6.07, 6.45) is 0. The van der Waals surface area contributed by atoms with Crippen LogP contribution in [0.5, 0.6) is 5.75 Å². The highest BCUT2D eigenvalue weighted by Crippen LogP contribution is 2.24. The molecule has 2 aromatic rings. The molecule has 0 saturated carbocycles. The van der Waals surface area contributed by atoms with Crippen molar-refractivity contribution in [2.75, 3.05) is 14.2 Å². The van der Waals surface area contributed by atoms with Crippen LogP contribution in [0.1, 0.15) is 11.1 Å². The van der Waals surface area contributed by atoms with Crippen LogP contribution < -0.4 is 4.74 Å². The SMILES string of the molecule is COc1ccc(Br)cc1CN(C)Cc1ccc(Cl)cc1. The maximum Gasteiger partial charge on any atom is 0.123 e. The van der Waals surface area contributed by atoms with Gasteiger partial charge in [0.05, 0.1) is 7.11 Å². The van der Waals surface area contributed by atoms with E-state index in [1.54, 1.807) is 7.11 Å². The van der Waals surface area contributed by atoms with Crippen molar-refractivity contribution in [2.24, 2.45) is 0 Å². The van der Waals surface area contributed by atoms with Gasteiger partial charge in [0.15, 0.2) is 0 Å². The van der Waals surface area contributed by atoms with Crippen molar-refractivity contribution in [1.82, 2.24) is 4.90 Å². The summed E-state index contributed by atoms with van der Waals surface area (Å²) in [7, 11) is 3.79. The topological polar surface area (TPSA) is 12.5 Å². The predicted molar refractivity (Wildman–Crippen MR) is 87.3 cm³/mol. The average Bonchev–Trinajstić information content (AvgIpc) is 2.41. The second-order valence-electron chi connectivity index (χ2n) is 4.75. The molecule has 0 aliphatic heterocycles. The van der Waals surface area contributed by atoms with E-state index in [9.17, 15) is 0 Å². The number of rotatable bonds is 5. The second-order valence-corrected chi connectivity index (χ2v) is 6.11. The van der Waals surface area contributed by atoms with Crippen LogP contribution in [0.3, 0.4) is 0 Å². The molecule has 2 aromatic carbocycles. The van der Waals surface area contributed by atoms with Gasteiger partial charge in [-0.1, -0.05) is 39.7 Å². The molecule has 4 heteroatoms. The summed E-state index contributed by atoms with van der Waals surface area (Å²) < 4.78 is 6.47. The summed E-state index contributed by atoms with van der Waals surface area (Å²) in [4.78, 5) is 2.24. The van der Waals surface area contributed by atoms with Crippen molar-refractivity contribution in [3.05, 3.63) is 63.1 Å². The Labute approximate surface area is 133 Å². The second kappa shape index (κ2) is 7.11. The van der Waals surface area contributed by atoms with Crippen LogP contribution in [0.4, 0.5) is 0 Å². The van der Waals surface area contributed by atoms with Crippen LogP contribution in [-0.2, 0) is 13.1 Å². The maximum atomic E-state index is 5.90. The van der Waals surface area contributed by atoms with Gasteiger partial charge in [0.25, 0.3) is 0 Å². The van der Waals surface area contributed by atoms with Gasteiger partial charge in [0.2, 0.25) is 0 Å². The highest BCUT2D eigenvalue weighted by atomic mass is 79.9. The summed E-state index contributed by atoms with van der Waals surface area (Å²) in [6, 6.07) is 14.0. The third-order valence-electron chi connectivity index (χ3n) is 3.05. The lowest BCUT2D eigenvalue weighted by Gasteiger charge is -2.19. The lowest BCUT2D eigenvalue weighted by molar-refractivity contribution is 0.310. The Morgan fingerprint density at radius 1 is 1.10 bits per heavy atom. The molecule has 2 rings (SSSR count). The fraction of sp³-hybridized carbons (Fsp3) is 0.250. The van der Waals surface area contributed by atoms with Crippen molar-refractivity contribution in [1.29, 1.82) is 0 Å². The molecule has 0 fully saturated rings. The first-order valence-electron chi connectivity index (χ1n) is 6.34. The van der Waals surface area contributed by atoms with Crippen molar-refractivity contribution >= 4 is 27.5 Å². The average molecular weight is 355 g/mol. The van der Waals surface area contributed by atoms with Gasteiger partial charge in [-0.3, -0.25) is 4.90 Å². The number of benzene rings is 2. The number of hydrogen-bond donors (Lipinski definition) is 0. The molecule has 0 saturated heterocycles. The Morgan fingerprint density at radius 2 is 1.80 bits per heavy atom. The first kappa shape index (κ1) is 15.4. The lowest BCUT2D eigenvalue weighted by atomic mass is 10.1. The Morgan fingerprint density at radius 3 is 2.45 bits per heavy atom. The van der Waals surface area contributed by atoms with E-state index in [4.69, 9.17) is 16.3 Å². The first-order chi connectivity index (χ1) is 9.58. The van der Waals surface area contributed by atoms with E-state index in [1.807, 2.05) is 24.3 Å². The molecule has 0 aromatic heterocycles. The van der Waals surface area contributed by atoms with E-state index in [-0.39, 0.29) is 0 Å². The molecule has 0 unspecified atom stereocenters. The number of ether oxygens (including phenoxy) is 1. The molecular formula is C16H17BrClNO. The van der Waals surface area contributed by atoms with Crippen molar-refractivity contribution in [3.8, 4) is 5.75 Å². The standard InChI is InChI=1S/C16H17BrClNO/c1-19(10-12-3-6-15(18)7-4-12)11-13-9-14(17)5-8-16(13)20-2/h3-9H,10-11H2,1-2H3. The minimum Gasteiger partial charge on any atom is -0.496 e. The van der Waals surface area contributed by atoms with E-state index in [1.165, 1.54) is 11.1 Å². The molecule has 0 radical (unpaired) electrons. The molecule has 0 amide bonds. The fourth-order valence-corrected chi connectivity index (χ4v) is 2.65. The third kappa shape index (κ3) is 4.23. The Bertz CT molecular complexity index is 571. The summed E-state index contributed by atoms with van der Waals surface area (Å²) >= 11 is 9.40. The highest BCUT2D eigenvalue weighted by molar-refractivity contribution is 9.10. The van der Waals surface area contributed by atoms with E-state index >= 15 is 0 Å². The normalized spacial score (nSPS) is 10.8. The van der Waals surface area contributed by atoms with Gasteiger partial charge in [0.1, 0.15) is 5.75 Å². The molecule has 2 nitrogen and oxygen atoms in total. The summed E-state index contributed by atoms with van der Waals surface area (Å²) in [5.41, 5.74) is 2.41. The number of nitrogens with zero attached hydrogens (tertiary/aromatic N) is 1. The zero-order chi connectivity index (χ0) is 14.5. The zero-order valence-corrected chi connectivity index (χ0v) is 13.9. The Balaban J connectivity index is 2.05. The van der Waals surface area contributed by atoms with Gasteiger partial charge < -0.3 is 4.74 Å². The largest absolute Gasteiger partial charge is 0.496 e. The van der Waals surface area contributed by atoms with Gasteiger partial charge in [-0.2, -0.15) is 0 Å². The molecular weight excluding hydrogens is 338 g/mol. The van der Waals surface area contributed by atoms with Crippen LogP contribution in [0, 0.1) is 0 Å². The summed E-state index contributed by atoms with van der Waals surface area (Å²) in [5, 5.41) is 0.769. The predicted octanol–water partition coefficient (Wildman–Crippen LogP) is 4.74. The van der Waals surface area contributed by atoms with Crippen LogP contribution in [0.15, 0.2) is 46.9 Å². The Kier molecular flexibility index (Phi) is 5.46. The van der Waals surface area contributed by atoms with E-state index in [2.05, 4.69) is 46.1 Å². The van der Waals surface area contributed by atoms with Crippen molar-refractivity contribution < 1.29 is 4.74 Å². The molecule has 106 valence electrons. The van der Waals surface area contributed by atoms with Gasteiger partial charge >= 0.3 is 0 Å². The van der Waals surface area contributed by atoms with Crippen LogP contribution >= 0.6 is 27.5 Å². The minimum atomic E-state index is 0.769. The van der Waals surface area contributed by atoms with Crippen LogP contribution in [0.2, 0.25) is 5.02 Å². The monoisotopic (exact) mass is 353 g/mol. The number of methoxy groups -OCH3 is 1. The summed E-state index contributed by atoms with van der Waals surface area (Å²) in [5.74, 6) is 0.913. The number of halogens is 2. The van der Waals surface area contributed by atoms with Crippen molar-refractivity contribution in [2.45, 2.75) is 13.1 Å². The molecule has 0 heterocycles. The molecule has 0 bridgehead atoms. The fourth-order valence-electron chi connectivity index (χ4n) is 2.12. The minimum absolute atomic E-state index is 0.769. The molecule has 0 aliphatic rings. The van der Waals surface area contributed by atoms with Gasteiger partial charge in [-0.15, -0.1) is 0 Å². The van der Waals surface area contributed by atoms with Crippen molar-refractivity contribution in [3.63, 3.8) is 0 Å². The smallest absolute Gasteiger partial charge is 0.123 e. The Hall–Kier alpha value is -1.03. The maximum absolute atomic E-state index is 5.90. The van der Waals surface area contributed by atoms with Gasteiger partial charge in [-0.25, -0.2) is 0 Å². The molecule has 0 spiro atoms. The van der Waals surface area contributed by atoms with E-state index < -0.39 is 0 Å². The molecule has 0 atom stereocenters. The van der Waals surface area contributed by atoms with E-state index in [0.29, 0.717) is 0 Å². The van der Waals surface area contributed by atoms with Gasteiger partial charge in [-0.05, 0) is 42.9 Å². The molecule has 0 aliphatic carbocycles. The molecule has 20 heavy (non-hydrogen) atoms. The van der Waals surface area contributed by atoms with E-state index in [0.717, 1.165) is 28.3 Å². The van der Waals surface area contributed by atoms with Gasteiger partial charge in [0, 0.05) is 28.1 Å². The summed E-state index contributed by atoms with van der Waals surface area (Å²) in [6.45, 7) is 1.69. The van der Waals surface area contributed by atoms with Crippen LogP contribution in [-0.4, -0.2) is 19.1 Å². The quantitative estimate of drug-likeness (QED) is 0.769. The molecule has 0 N–H and O–H groups in total.